The smallest absolute Gasteiger partial charge is 0.308 e. The van der Waals surface area contributed by atoms with E-state index in [9.17, 15) is 9.59 Å². The standard InChI is InChI=1S/C27H27NO6/c1-3-31-26(30)7-5-4-6-14-32-22-11-10-19-15-21(9-8-20(19)16-22)27-28-24-13-12-23(33-18(2)29)17-25(24)34-27/h8-13,15-17H,3-7,14H2,1-2H3. The Balaban J connectivity index is 1.37. The second-order valence-electron chi connectivity index (χ2n) is 7.93. The van der Waals surface area contributed by atoms with Crippen LogP contribution in [0.5, 0.6) is 11.5 Å². The molecule has 0 unspecified atom stereocenters. The number of nitrogens with zero attached hydrogens (tertiary/aromatic N) is 1. The summed E-state index contributed by atoms with van der Waals surface area (Å²) in [6.45, 7) is 4.20. The lowest BCUT2D eigenvalue weighted by molar-refractivity contribution is -0.143. The summed E-state index contributed by atoms with van der Waals surface area (Å²) in [5.74, 6) is 1.21. The first kappa shape index (κ1) is 23.3. The third-order valence-corrected chi connectivity index (χ3v) is 5.28. The zero-order valence-electron chi connectivity index (χ0n) is 19.3. The second-order valence-corrected chi connectivity index (χ2v) is 7.93. The van der Waals surface area contributed by atoms with E-state index in [1.807, 2.05) is 43.3 Å². The van der Waals surface area contributed by atoms with Crippen LogP contribution in [0.25, 0.3) is 33.3 Å². The van der Waals surface area contributed by atoms with Crippen LogP contribution in [-0.4, -0.2) is 30.1 Å². The van der Waals surface area contributed by atoms with Crippen LogP contribution < -0.4 is 9.47 Å². The van der Waals surface area contributed by atoms with E-state index in [-0.39, 0.29) is 11.9 Å². The molecule has 176 valence electrons. The van der Waals surface area contributed by atoms with Crippen LogP contribution in [0.4, 0.5) is 0 Å². The number of rotatable bonds is 10. The van der Waals surface area contributed by atoms with E-state index in [0.29, 0.717) is 42.4 Å². The van der Waals surface area contributed by atoms with Gasteiger partial charge in [-0.3, -0.25) is 9.59 Å². The van der Waals surface area contributed by atoms with Gasteiger partial charge in [-0.15, -0.1) is 0 Å². The molecule has 0 fully saturated rings. The van der Waals surface area contributed by atoms with Gasteiger partial charge in [0.15, 0.2) is 5.58 Å². The summed E-state index contributed by atoms with van der Waals surface area (Å²) >= 11 is 0. The Labute approximate surface area is 197 Å². The van der Waals surface area contributed by atoms with E-state index >= 15 is 0 Å². The van der Waals surface area contributed by atoms with Gasteiger partial charge in [-0.25, -0.2) is 4.98 Å². The zero-order valence-corrected chi connectivity index (χ0v) is 19.3. The molecule has 0 saturated carbocycles. The van der Waals surface area contributed by atoms with Crippen molar-refractivity contribution in [3.8, 4) is 23.0 Å². The van der Waals surface area contributed by atoms with E-state index in [4.69, 9.17) is 18.6 Å². The lowest BCUT2D eigenvalue weighted by Gasteiger charge is -2.08. The van der Waals surface area contributed by atoms with Gasteiger partial charge in [0, 0.05) is 25.0 Å². The number of oxazole rings is 1. The van der Waals surface area contributed by atoms with E-state index in [1.54, 1.807) is 18.2 Å². The van der Waals surface area contributed by atoms with Gasteiger partial charge in [0.25, 0.3) is 0 Å². The highest BCUT2D eigenvalue weighted by Gasteiger charge is 2.11. The number of ether oxygens (including phenoxy) is 3. The Hall–Kier alpha value is -3.87. The second kappa shape index (κ2) is 10.8. The predicted molar refractivity (Wildman–Crippen MR) is 129 cm³/mol. The molecule has 0 N–H and O–H groups in total. The van der Waals surface area contributed by atoms with Crippen LogP contribution in [0.2, 0.25) is 0 Å². The molecule has 7 heteroatoms. The number of hydrogen-bond donors (Lipinski definition) is 0. The molecule has 0 spiro atoms. The summed E-state index contributed by atoms with van der Waals surface area (Å²) in [6, 6.07) is 17.1. The van der Waals surface area contributed by atoms with Crippen LogP contribution >= 0.6 is 0 Å². The summed E-state index contributed by atoms with van der Waals surface area (Å²) in [7, 11) is 0. The third kappa shape index (κ3) is 5.92. The minimum atomic E-state index is -0.383. The molecule has 1 aromatic heterocycles. The van der Waals surface area contributed by atoms with Gasteiger partial charge < -0.3 is 18.6 Å². The minimum absolute atomic E-state index is 0.137. The zero-order chi connectivity index (χ0) is 23.9. The lowest BCUT2D eigenvalue weighted by atomic mass is 10.1. The monoisotopic (exact) mass is 461 g/mol. The van der Waals surface area contributed by atoms with Crippen molar-refractivity contribution in [1.29, 1.82) is 0 Å². The topological polar surface area (TPSA) is 87.9 Å². The van der Waals surface area contributed by atoms with Crippen LogP contribution in [0.3, 0.4) is 0 Å². The fourth-order valence-electron chi connectivity index (χ4n) is 3.68. The predicted octanol–water partition coefficient (Wildman–Crippen LogP) is 6.08. The molecule has 34 heavy (non-hydrogen) atoms. The van der Waals surface area contributed by atoms with E-state index in [0.717, 1.165) is 41.3 Å². The van der Waals surface area contributed by atoms with Crippen molar-refractivity contribution in [3.05, 3.63) is 54.6 Å². The molecule has 0 saturated heterocycles. The quantitative estimate of drug-likeness (QED) is 0.161. The van der Waals surface area contributed by atoms with Gasteiger partial charge in [0.05, 0.1) is 13.2 Å². The molecular weight excluding hydrogens is 434 g/mol. The minimum Gasteiger partial charge on any atom is -0.494 e. The highest BCUT2D eigenvalue weighted by atomic mass is 16.5. The Morgan fingerprint density at radius 2 is 1.71 bits per heavy atom. The molecule has 1 heterocycles. The molecule has 3 aromatic carbocycles. The van der Waals surface area contributed by atoms with Crippen molar-refractivity contribution in [2.75, 3.05) is 13.2 Å². The highest BCUT2D eigenvalue weighted by molar-refractivity contribution is 5.88. The first-order valence-corrected chi connectivity index (χ1v) is 11.4. The maximum absolute atomic E-state index is 11.4. The first-order chi connectivity index (χ1) is 16.5. The molecule has 4 rings (SSSR count). The van der Waals surface area contributed by atoms with Crippen LogP contribution in [0.1, 0.15) is 39.5 Å². The maximum Gasteiger partial charge on any atom is 0.308 e. The van der Waals surface area contributed by atoms with Crippen molar-refractivity contribution >= 4 is 33.8 Å². The molecule has 0 radical (unpaired) electrons. The van der Waals surface area contributed by atoms with Crippen molar-refractivity contribution in [2.45, 2.75) is 39.5 Å². The fraction of sp³-hybridized carbons (Fsp3) is 0.296. The van der Waals surface area contributed by atoms with Gasteiger partial charge in [0.1, 0.15) is 17.0 Å². The van der Waals surface area contributed by atoms with Crippen molar-refractivity contribution in [1.82, 2.24) is 4.98 Å². The lowest BCUT2D eigenvalue weighted by Crippen LogP contribution is -2.04. The normalized spacial score (nSPS) is 11.0. The average Bonchev–Trinajstić information content (AvgIpc) is 3.24. The number of unbranched alkanes of at least 4 members (excludes halogenated alkanes) is 2. The van der Waals surface area contributed by atoms with E-state index in [2.05, 4.69) is 4.98 Å². The summed E-state index contributed by atoms with van der Waals surface area (Å²) in [4.78, 5) is 27.1. The van der Waals surface area contributed by atoms with Gasteiger partial charge in [-0.1, -0.05) is 12.1 Å². The Kier molecular flexibility index (Phi) is 7.42. The SMILES string of the molecule is CCOC(=O)CCCCCOc1ccc2cc(-c3nc4ccc(OC(C)=O)cc4o3)ccc2c1. The van der Waals surface area contributed by atoms with Gasteiger partial charge in [0.2, 0.25) is 5.89 Å². The summed E-state index contributed by atoms with van der Waals surface area (Å²) < 4.78 is 21.8. The number of benzene rings is 3. The van der Waals surface area contributed by atoms with Gasteiger partial charge in [-0.2, -0.15) is 0 Å². The van der Waals surface area contributed by atoms with Gasteiger partial charge in [-0.05, 0) is 73.4 Å². The summed E-state index contributed by atoms with van der Waals surface area (Å²) in [5.41, 5.74) is 2.10. The van der Waals surface area contributed by atoms with E-state index in [1.165, 1.54) is 6.92 Å². The molecule has 0 bridgehead atoms. The molecule has 0 aliphatic heterocycles. The molecule has 0 atom stereocenters. The Bertz CT molecular complexity index is 1310. The number of aromatic nitrogens is 1. The average molecular weight is 462 g/mol. The Morgan fingerprint density at radius 1 is 0.912 bits per heavy atom. The number of fused-ring (bicyclic) bond motifs is 2. The maximum atomic E-state index is 11.4. The third-order valence-electron chi connectivity index (χ3n) is 5.28. The van der Waals surface area contributed by atoms with E-state index < -0.39 is 0 Å². The number of esters is 2. The molecule has 0 aliphatic carbocycles. The van der Waals surface area contributed by atoms with Gasteiger partial charge >= 0.3 is 11.9 Å². The molecular formula is C27H27NO6. The molecule has 4 aromatic rings. The van der Waals surface area contributed by atoms with Crippen LogP contribution in [0.15, 0.2) is 59.0 Å². The summed E-state index contributed by atoms with van der Waals surface area (Å²) in [6.07, 6.45) is 3.07. The number of carbonyl (C=O) groups excluding carboxylic acids is 2. The summed E-state index contributed by atoms with van der Waals surface area (Å²) in [5, 5.41) is 2.10. The van der Waals surface area contributed by atoms with Crippen molar-refractivity contribution in [3.63, 3.8) is 0 Å². The highest BCUT2D eigenvalue weighted by Crippen LogP contribution is 2.30. The fourth-order valence-corrected chi connectivity index (χ4v) is 3.68. The molecule has 0 amide bonds. The molecule has 7 nitrogen and oxygen atoms in total. The number of hydrogen-bond acceptors (Lipinski definition) is 7. The van der Waals surface area contributed by atoms with Crippen molar-refractivity contribution < 1.29 is 28.2 Å². The van der Waals surface area contributed by atoms with Crippen molar-refractivity contribution in [2.24, 2.45) is 0 Å². The largest absolute Gasteiger partial charge is 0.494 e. The molecule has 0 aliphatic rings. The first-order valence-electron chi connectivity index (χ1n) is 11.4. The van der Waals surface area contributed by atoms with Crippen LogP contribution in [-0.2, 0) is 14.3 Å². The van der Waals surface area contributed by atoms with Crippen LogP contribution in [0, 0.1) is 0 Å². The number of carbonyl (C=O) groups is 2. The Morgan fingerprint density at radius 3 is 2.53 bits per heavy atom.